The maximum absolute atomic E-state index is 12.4. The van der Waals surface area contributed by atoms with Gasteiger partial charge in [0.2, 0.25) is 15.9 Å². The Balaban J connectivity index is 1.85. The fourth-order valence-electron chi connectivity index (χ4n) is 2.90. The summed E-state index contributed by atoms with van der Waals surface area (Å²) in [5.74, 6) is 0.928. The summed E-state index contributed by atoms with van der Waals surface area (Å²) in [5.41, 5.74) is 0. The Kier molecular flexibility index (Phi) is 6.17. The quantitative estimate of drug-likeness (QED) is 0.755. The average Bonchev–Trinajstić information content (AvgIpc) is 2.54. The molecule has 0 radical (unpaired) electrons. The van der Waals surface area contributed by atoms with E-state index < -0.39 is 10.0 Å². The maximum atomic E-state index is 12.4. The number of carbonyl (C=O) groups is 1. The number of anilines is 1. The van der Waals surface area contributed by atoms with E-state index in [0.717, 1.165) is 18.9 Å². The van der Waals surface area contributed by atoms with Gasteiger partial charge in [-0.2, -0.15) is 4.31 Å². The minimum absolute atomic E-state index is 0.00460. The molecule has 1 amide bonds. The lowest BCUT2D eigenvalue weighted by atomic mass is 10.2. The van der Waals surface area contributed by atoms with Crippen molar-refractivity contribution in [1.82, 2.24) is 14.2 Å². The van der Waals surface area contributed by atoms with Gasteiger partial charge in [-0.3, -0.25) is 4.79 Å². The standard InChI is InChI=1S/C16H26N4O3S/c1-14(2)20(24(3,22)23)9-7-16(21)19-12-10-18(11-13-19)15-6-4-5-8-17-15/h4-6,8,14H,7,9-13H2,1-3H3. The van der Waals surface area contributed by atoms with Crippen LogP contribution in [-0.2, 0) is 14.8 Å². The van der Waals surface area contributed by atoms with E-state index in [-0.39, 0.29) is 24.9 Å². The fourth-order valence-corrected chi connectivity index (χ4v) is 4.09. The lowest BCUT2D eigenvalue weighted by Gasteiger charge is -2.35. The van der Waals surface area contributed by atoms with Crippen molar-refractivity contribution >= 4 is 21.7 Å². The van der Waals surface area contributed by atoms with E-state index >= 15 is 0 Å². The van der Waals surface area contributed by atoms with Gasteiger partial charge in [0.25, 0.3) is 0 Å². The summed E-state index contributed by atoms with van der Waals surface area (Å²) in [5, 5.41) is 0. The fraction of sp³-hybridized carbons (Fsp3) is 0.625. The molecule has 1 fully saturated rings. The van der Waals surface area contributed by atoms with E-state index in [1.807, 2.05) is 32.0 Å². The number of amides is 1. The van der Waals surface area contributed by atoms with Crippen molar-refractivity contribution in [3.63, 3.8) is 0 Å². The molecule has 24 heavy (non-hydrogen) atoms. The van der Waals surface area contributed by atoms with Crippen molar-refractivity contribution in [3.8, 4) is 0 Å². The molecule has 134 valence electrons. The molecular weight excluding hydrogens is 328 g/mol. The van der Waals surface area contributed by atoms with E-state index in [1.165, 1.54) is 10.6 Å². The third kappa shape index (κ3) is 4.91. The monoisotopic (exact) mass is 354 g/mol. The summed E-state index contributed by atoms with van der Waals surface area (Å²) >= 11 is 0. The van der Waals surface area contributed by atoms with Gasteiger partial charge in [-0.15, -0.1) is 0 Å². The second-order valence-electron chi connectivity index (χ2n) is 6.27. The molecule has 2 heterocycles. The zero-order valence-electron chi connectivity index (χ0n) is 14.6. The third-order valence-corrected chi connectivity index (χ3v) is 5.61. The minimum Gasteiger partial charge on any atom is -0.353 e. The van der Waals surface area contributed by atoms with E-state index in [1.54, 1.807) is 11.1 Å². The summed E-state index contributed by atoms with van der Waals surface area (Å²) < 4.78 is 24.9. The molecule has 1 aromatic heterocycles. The lowest BCUT2D eigenvalue weighted by molar-refractivity contribution is -0.131. The Morgan fingerprint density at radius 3 is 2.42 bits per heavy atom. The van der Waals surface area contributed by atoms with Gasteiger partial charge in [-0.05, 0) is 26.0 Å². The molecule has 0 saturated carbocycles. The van der Waals surface area contributed by atoms with Gasteiger partial charge in [0.1, 0.15) is 5.82 Å². The van der Waals surface area contributed by atoms with Crippen LogP contribution in [0.4, 0.5) is 5.82 Å². The van der Waals surface area contributed by atoms with Gasteiger partial charge >= 0.3 is 0 Å². The average molecular weight is 354 g/mol. The molecule has 0 aliphatic carbocycles. The Bertz CT molecular complexity index is 641. The SMILES string of the molecule is CC(C)N(CCC(=O)N1CCN(c2ccccn2)CC1)S(C)(=O)=O. The highest BCUT2D eigenvalue weighted by Gasteiger charge is 2.25. The predicted octanol–water partition coefficient (Wildman–Crippen LogP) is 0.790. The zero-order valence-corrected chi connectivity index (χ0v) is 15.4. The van der Waals surface area contributed by atoms with Crippen molar-refractivity contribution in [1.29, 1.82) is 0 Å². The minimum atomic E-state index is -3.29. The van der Waals surface area contributed by atoms with E-state index in [0.29, 0.717) is 13.1 Å². The van der Waals surface area contributed by atoms with Crippen LogP contribution < -0.4 is 4.90 Å². The molecule has 0 unspecified atom stereocenters. The van der Waals surface area contributed by atoms with Crippen LogP contribution in [0.3, 0.4) is 0 Å². The number of sulfonamides is 1. The first-order chi connectivity index (χ1) is 11.3. The molecule has 0 spiro atoms. The number of hydrogen-bond acceptors (Lipinski definition) is 5. The van der Waals surface area contributed by atoms with Crippen molar-refractivity contribution in [2.45, 2.75) is 26.3 Å². The first-order valence-corrected chi connectivity index (χ1v) is 10.0. The number of pyridine rings is 1. The highest BCUT2D eigenvalue weighted by Crippen LogP contribution is 2.14. The van der Waals surface area contributed by atoms with Crippen LogP contribution >= 0.6 is 0 Å². The van der Waals surface area contributed by atoms with E-state index in [2.05, 4.69) is 9.88 Å². The topological polar surface area (TPSA) is 73.8 Å². The highest BCUT2D eigenvalue weighted by atomic mass is 32.2. The van der Waals surface area contributed by atoms with Gasteiger partial charge in [0, 0.05) is 51.4 Å². The van der Waals surface area contributed by atoms with Crippen molar-refractivity contribution in [2.75, 3.05) is 43.9 Å². The molecular formula is C16H26N4O3S. The third-order valence-electron chi connectivity index (χ3n) is 4.15. The Labute approximate surface area is 144 Å². The first kappa shape index (κ1) is 18.7. The summed E-state index contributed by atoms with van der Waals surface area (Å²) in [6.07, 6.45) is 3.16. The van der Waals surface area contributed by atoms with Gasteiger partial charge in [-0.25, -0.2) is 13.4 Å². The largest absolute Gasteiger partial charge is 0.353 e. The predicted molar refractivity (Wildman–Crippen MR) is 94.3 cm³/mol. The number of piperazine rings is 1. The van der Waals surface area contributed by atoms with Crippen LogP contribution in [0.15, 0.2) is 24.4 Å². The number of carbonyl (C=O) groups excluding carboxylic acids is 1. The maximum Gasteiger partial charge on any atom is 0.224 e. The Morgan fingerprint density at radius 2 is 1.92 bits per heavy atom. The van der Waals surface area contributed by atoms with Crippen molar-refractivity contribution in [2.24, 2.45) is 0 Å². The molecule has 0 aromatic carbocycles. The Morgan fingerprint density at radius 1 is 1.25 bits per heavy atom. The summed E-state index contributed by atoms with van der Waals surface area (Å²) in [4.78, 5) is 20.7. The van der Waals surface area contributed by atoms with Crippen molar-refractivity contribution < 1.29 is 13.2 Å². The molecule has 8 heteroatoms. The molecule has 1 aromatic rings. The molecule has 1 saturated heterocycles. The number of aromatic nitrogens is 1. The smallest absolute Gasteiger partial charge is 0.224 e. The van der Waals surface area contributed by atoms with Gasteiger partial charge in [-0.1, -0.05) is 6.07 Å². The summed E-state index contributed by atoms with van der Waals surface area (Å²) in [6, 6.07) is 5.65. The van der Waals surface area contributed by atoms with Gasteiger partial charge in [0.05, 0.1) is 6.26 Å². The zero-order chi connectivity index (χ0) is 17.7. The van der Waals surface area contributed by atoms with Crippen molar-refractivity contribution in [3.05, 3.63) is 24.4 Å². The van der Waals surface area contributed by atoms with Gasteiger partial charge < -0.3 is 9.80 Å². The van der Waals surface area contributed by atoms with Crippen LogP contribution in [0, 0.1) is 0 Å². The summed E-state index contributed by atoms with van der Waals surface area (Å²) in [7, 11) is -3.29. The van der Waals surface area contributed by atoms with Crippen LogP contribution in [0.2, 0.25) is 0 Å². The molecule has 1 aliphatic rings. The van der Waals surface area contributed by atoms with Crippen LogP contribution in [0.1, 0.15) is 20.3 Å². The lowest BCUT2D eigenvalue weighted by Crippen LogP contribution is -2.49. The molecule has 0 bridgehead atoms. The molecule has 0 atom stereocenters. The Hall–Kier alpha value is -1.67. The number of hydrogen-bond donors (Lipinski definition) is 0. The first-order valence-electron chi connectivity index (χ1n) is 8.19. The normalized spacial score (nSPS) is 16.0. The van der Waals surface area contributed by atoms with Crippen LogP contribution in [0.5, 0.6) is 0 Å². The molecule has 7 nitrogen and oxygen atoms in total. The van der Waals surface area contributed by atoms with Crippen LogP contribution in [-0.4, -0.2) is 73.5 Å². The van der Waals surface area contributed by atoms with Crippen LogP contribution in [0.25, 0.3) is 0 Å². The van der Waals surface area contributed by atoms with Gasteiger partial charge in [0.15, 0.2) is 0 Å². The molecule has 1 aliphatic heterocycles. The second kappa shape index (κ2) is 7.94. The number of nitrogens with zero attached hydrogens (tertiary/aromatic N) is 4. The number of rotatable bonds is 6. The van der Waals surface area contributed by atoms with E-state index in [9.17, 15) is 13.2 Å². The molecule has 0 N–H and O–H groups in total. The van der Waals surface area contributed by atoms with E-state index in [4.69, 9.17) is 0 Å². The highest BCUT2D eigenvalue weighted by molar-refractivity contribution is 7.88. The molecule has 2 rings (SSSR count). The second-order valence-corrected chi connectivity index (χ2v) is 8.21. The summed E-state index contributed by atoms with van der Waals surface area (Å²) in [6.45, 7) is 6.61.